The summed E-state index contributed by atoms with van der Waals surface area (Å²) in [6, 6.07) is -0.546. The molecule has 0 saturated carbocycles. The molecule has 8 heteroatoms. The number of hydrogen-bond donors (Lipinski definition) is 3. The lowest BCUT2D eigenvalue weighted by Gasteiger charge is -2.24. The van der Waals surface area contributed by atoms with Crippen molar-refractivity contribution in [3.05, 3.63) is 0 Å². The molecular weight excluding hydrogens is 254 g/mol. The average molecular weight is 275 g/mol. The van der Waals surface area contributed by atoms with Gasteiger partial charge in [0.15, 0.2) is 6.10 Å². The van der Waals surface area contributed by atoms with Crippen molar-refractivity contribution in [2.75, 3.05) is 26.7 Å². The van der Waals surface area contributed by atoms with Gasteiger partial charge in [0.25, 0.3) is 0 Å². The van der Waals surface area contributed by atoms with Gasteiger partial charge in [-0.3, -0.25) is 4.79 Å². The second kappa shape index (κ2) is 8.30. The van der Waals surface area contributed by atoms with Crippen LogP contribution in [0, 0.1) is 5.92 Å². The summed E-state index contributed by atoms with van der Waals surface area (Å²) in [5, 5.41) is 11.2. The number of carbonyl (C=O) groups is 3. The normalized spacial score (nSPS) is 12.0. The van der Waals surface area contributed by atoms with Gasteiger partial charge in [0, 0.05) is 13.7 Å². The summed E-state index contributed by atoms with van der Waals surface area (Å²) in [5.74, 6) is -1.65. The van der Waals surface area contributed by atoms with Crippen LogP contribution in [0.4, 0.5) is 4.79 Å². The molecular formula is C11H21N3O5. The van der Waals surface area contributed by atoms with E-state index in [-0.39, 0.29) is 19.0 Å². The van der Waals surface area contributed by atoms with Crippen LogP contribution in [-0.2, 0) is 14.3 Å². The third-order valence-electron chi connectivity index (χ3n) is 2.22. The average Bonchev–Trinajstić information content (AvgIpc) is 2.26. The first-order valence-electron chi connectivity index (χ1n) is 5.84. The van der Waals surface area contributed by atoms with Crippen LogP contribution in [0.25, 0.3) is 0 Å². The lowest BCUT2D eigenvalue weighted by molar-refractivity contribution is -0.148. The van der Waals surface area contributed by atoms with E-state index in [1.54, 1.807) is 0 Å². The summed E-state index contributed by atoms with van der Waals surface area (Å²) in [5.41, 5.74) is 5.06. The van der Waals surface area contributed by atoms with Gasteiger partial charge in [-0.25, -0.2) is 9.59 Å². The van der Waals surface area contributed by atoms with E-state index < -0.39 is 24.0 Å². The van der Waals surface area contributed by atoms with Gasteiger partial charge in [0.05, 0.1) is 6.54 Å². The smallest absolute Gasteiger partial charge is 0.334 e. The van der Waals surface area contributed by atoms with Gasteiger partial charge >= 0.3 is 12.0 Å². The lowest BCUT2D eigenvalue weighted by atomic mass is 10.2. The first kappa shape index (κ1) is 17.2. The maximum atomic E-state index is 11.8. The molecule has 3 amide bonds. The molecule has 8 nitrogen and oxygen atoms in total. The number of hydrogen-bond acceptors (Lipinski definition) is 4. The summed E-state index contributed by atoms with van der Waals surface area (Å²) >= 11 is 0. The molecule has 0 radical (unpaired) electrons. The van der Waals surface area contributed by atoms with Crippen molar-refractivity contribution in [2.45, 2.75) is 20.0 Å². The number of urea groups is 1. The molecule has 1 unspecified atom stereocenters. The number of carbonyl (C=O) groups excluding carboxylic acids is 2. The van der Waals surface area contributed by atoms with Gasteiger partial charge in [0.2, 0.25) is 5.91 Å². The minimum atomic E-state index is -1.17. The van der Waals surface area contributed by atoms with Gasteiger partial charge in [-0.2, -0.15) is 0 Å². The van der Waals surface area contributed by atoms with Crippen LogP contribution in [0.1, 0.15) is 13.8 Å². The predicted molar refractivity (Wildman–Crippen MR) is 67.4 cm³/mol. The van der Waals surface area contributed by atoms with Crippen LogP contribution < -0.4 is 11.1 Å². The first-order chi connectivity index (χ1) is 8.77. The van der Waals surface area contributed by atoms with Crippen LogP contribution >= 0.6 is 0 Å². The van der Waals surface area contributed by atoms with Gasteiger partial charge in [-0.1, -0.05) is 13.8 Å². The fourth-order valence-corrected chi connectivity index (χ4v) is 1.41. The Morgan fingerprint density at radius 3 is 2.32 bits per heavy atom. The van der Waals surface area contributed by atoms with Crippen molar-refractivity contribution >= 4 is 17.9 Å². The van der Waals surface area contributed by atoms with E-state index in [0.29, 0.717) is 6.54 Å². The molecule has 0 spiro atoms. The Bertz CT molecular complexity index is 332. The molecule has 0 aliphatic rings. The molecule has 4 N–H and O–H groups in total. The number of ether oxygens (including phenoxy) is 1. The Labute approximate surface area is 111 Å². The van der Waals surface area contributed by atoms with E-state index in [9.17, 15) is 14.4 Å². The molecule has 0 aromatic heterocycles. The van der Waals surface area contributed by atoms with Crippen LogP contribution in [0.3, 0.4) is 0 Å². The van der Waals surface area contributed by atoms with Gasteiger partial charge in [-0.15, -0.1) is 0 Å². The molecule has 0 saturated heterocycles. The number of carboxylic acid groups (broad SMARTS) is 1. The topological polar surface area (TPSA) is 122 Å². The Morgan fingerprint density at radius 2 is 1.95 bits per heavy atom. The Morgan fingerprint density at radius 1 is 1.37 bits per heavy atom. The number of nitrogens with one attached hydrogen (secondary N) is 1. The van der Waals surface area contributed by atoms with Crippen molar-refractivity contribution in [1.29, 1.82) is 0 Å². The summed E-state index contributed by atoms with van der Waals surface area (Å²) < 4.78 is 4.68. The van der Waals surface area contributed by atoms with Crippen molar-refractivity contribution in [2.24, 2.45) is 11.7 Å². The number of carboxylic acids is 1. The highest BCUT2D eigenvalue weighted by molar-refractivity contribution is 5.83. The highest BCUT2D eigenvalue weighted by Crippen LogP contribution is 1.99. The molecule has 1 atom stereocenters. The Balaban J connectivity index is 4.46. The van der Waals surface area contributed by atoms with Crippen molar-refractivity contribution in [3.8, 4) is 0 Å². The fraction of sp³-hybridized carbons (Fsp3) is 0.727. The summed E-state index contributed by atoms with van der Waals surface area (Å²) in [6.07, 6.45) is -1.13. The molecule has 0 aliphatic heterocycles. The van der Waals surface area contributed by atoms with E-state index in [1.807, 2.05) is 13.8 Å². The number of primary amides is 1. The highest BCUT2D eigenvalue weighted by atomic mass is 16.5. The molecule has 19 heavy (non-hydrogen) atoms. The quantitative estimate of drug-likeness (QED) is 0.537. The van der Waals surface area contributed by atoms with Gasteiger partial charge < -0.3 is 25.8 Å². The number of aliphatic carboxylic acids is 1. The zero-order chi connectivity index (χ0) is 15.0. The summed E-state index contributed by atoms with van der Waals surface area (Å²) in [7, 11) is 1.24. The number of rotatable bonds is 8. The molecule has 0 bridgehead atoms. The molecule has 0 aromatic rings. The van der Waals surface area contributed by atoms with E-state index in [1.165, 1.54) is 12.0 Å². The van der Waals surface area contributed by atoms with Crippen LogP contribution in [0.15, 0.2) is 0 Å². The van der Waals surface area contributed by atoms with Gasteiger partial charge in [-0.05, 0) is 5.92 Å². The second-order valence-corrected chi connectivity index (χ2v) is 4.49. The largest absolute Gasteiger partial charge is 0.479 e. The molecule has 110 valence electrons. The van der Waals surface area contributed by atoms with E-state index >= 15 is 0 Å². The number of amides is 3. The predicted octanol–water partition coefficient (Wildman–Crippen LogP) is -0.761. The summed E-state index contributed by atoms with van der Waals surface area (Å²) in [4.78, 5) is 34.6. The molecule has 0 aromatic carbocycles. The number of methoxy groups -OCH3 is 1. The standard InChI is InChI=1S/C11H21N3O5/c1-7(2)5-14(6-9(12)15)11(18)13-4-8(19-3)10(16)17/h7-8H,4-6H2,1-3H3,(H2,12,15)(H,13,18)(H,16,17). The van der Waals surface area contributed by atoms with Crippen LogP contribution in [0.2, 0.25) is 0 Å². The molecule has 0 fully saturated rings. The Kier molecular flexibility index (Phi) is 7.50. The zero-order valence-corrected chi connectivity index (χ0v) is 11.4. The maximum absolute atomic E-state index is 11.8. The fourth-order valence-electron chi connectivity index (χ4n) is 1.41. The molecule has 0 rings (SSSR count). The van der Waals surface area contributed by atoms with Crippen LogP contribution in [-0.4, -0.2) is 60.8 Å². The third kappa shape index (κ3) is 7.24. The Hall–Kier alpha value is -1.83. The van der Waals surface area contributed by atoms with Gasteiger partial charge in [0.1, 0.15) is 6.54 Å². The molecule has 0 aliphatic carbocycles. The van der Waals surface area contributed by atoms with Crippen molar-refractivity contribution in [1.82, 2.24) is 10.2 Å². The van der Waals surface area contributed by atoms with E-state index in [0.717, 1.165) is 0 Å². The SMILES string of the molecule is COC(CNC(=O)N(CC(N)=O)CC(C)C)C(=O)O. The van der Waals surface area contributed by atoms with Crippen molar-refractivity contribution in [3.63, 3.8) is 0 Å². The minimum Gasteiger partial charge on any atom is -0.479 e. The van der Waals surface area contributed by atoms with Crippen molar-refractivity contribution < 1.29 is 24.2 Å². The minimum absolute atomic E-state index is 0.155. The third-order valence-corrected chi connectivity index (χ3v) is 2.22. The maximum Gasteiger partial charge on any atom is 0.334 e. The monoisotopic (exact) mass is 275 g/mol. The number of nitrogens with two attached hydrogens (primary N) is 1. The van der Waals surface area contributed by atoms with E-state index in [2.05, 4.69) is 10.1 Å². The summed E-state index contributed by atoms with van der Waals surface area (Å²) in [6.45, 7) is 3.72. The second-order valence-electron chi connectivity index (χ2n) is 4.49. The highest BCUT2D eigenvalue weighted by Gasteiger charge is 2.21. The molecule has 0 heterocycles. The van der Waals surface area contributed by atoms with E-state index in [4.69, 9.17) is 10.8 Å². The number of nitrogens with zero attached hydrogens (tertiary/aromatic N) is 1. The zero-order valence-electron chi connectivity index (χ0n) is 11.4. The van der Waals surface area contributed by atoms with Crippen LogP contribution in [0.5, 0.6) is 0 Å². The lowest BCUT2D eigenvalue weighted by Crippen LogP contribution is -2.48. The first-order valence-corrected chi connectivity index (χ1v) is 5.84.